The van der Waals surface area contributed by atoms with E-state index in [1.165, 1.54) is 103 Å². The predicted molar refractivity (Wildman–Crippen MR) is 143 cm³/mol. The van der Waals surface area contributed by atoms with E-state index in [2.05, 4.69) is 40.7 Å². The molecule has 1 nitrogen and oxygen atoms in total. The third-order valence-corrected chi connectivity index (χ3v) is 10.5. The molecule has 1 heteroatoms. The Kier molecular flexibility index (Phi) is 10.1. The summed E-state index contributed by atoms with van der Waals surface area (Å²) in [7, 11) is 0. The quantitative estimate of drug-likeness (QED) is 0.177. The van der Waals surface area contributed by atoms with Crippen molar-refractivity contribution in [1.82, 2.24) is 0 Å². The van der Waals surface area contributed by atoms with Gasteiger partial charge in [0.1, 0.15) is 5.78 Å². The molecule has 3 aliphatic carbocycles. The van der Waals surface area contributed by atoms with Crippen molar-refractivity contribution in [3.63, 3.8) is 0 Å². The largest absolute Gasteiger partial charge is 0.299 e. The number of allylic oxidation sites excluding steroid dienone is 2. The normalized spacial score (nSPS) is 32.3. The molecule has 3 rings (SSSR count). The molecule has 2 bridgehead atoms. The third-order valence-electron chi connectivity index (χ3n) is 10.5. The van der Waals surface area contributed by atoms with Crippen LogP contribution in [0.5, 0.6) is 0 Å². The van der Waals surface area contributed by atoms with E-state index in [-0.39, 0.29) is 5.92 Å². The highest BCUT2D eigenvalue weighted by Gasteiger charge is 2.63. The average molecular weight is 457 g/mol. The first-order valence-electron chi connectivity index (χ1n) is 15.1. The predicted octanol–water partition coefficient (Wildman–Crippen LogP) is 10.1. The molecule has 0 saturated heterocycles. The Morgan fingerprint density at radius 1 is 0.939 bits per heavy atom. The van der Waals surface area contributed by atoms with Crippen LogP contribution in [0.4, 0.5) is 0 Å². The smallest absolute Gasteiger partial charge is 0.139 e. The summed E-state index contributed by atoms with van der Waals surface area (Å²) in [5.74, 6) is 3.30. The van der Waals surface area contributed by atoms with Gasteiger partial charge in [0, 0.05) is 12.3 Å². The summed E-state index contributed by atoms with van der Waals surface area (Å²) in [5.41, 5.74) is 2.64. The number of hydrogen-bond acceptors (Lipinski definition) is 1. The molecular weight excluding hydrogens is 400 g/mol. The Morgan fingerprint density at radius 2 is 1.55 bits per heavy atom. The highest BCUT2D eigenvalue weighted by Crippen LogP contribution is 2.72. The van der Waals surface area contributed by atoms with Gasteiger partial charge >= 0.3 is 0 Å². The van der Waals surface area contributed by atoms with Gasteiger partial charge in [-0.1, -0.05) is 117 Å². The van der Waals surface area contributed by atoms with Crippen LogP contribution < -0.4 is 0 Å². The number of fused-ring (bicyclic) bond motifs is 1. The Labute approximate surface area is 207 Å². The van der Waals surface area contributed by atoms with Gasteiger partial charge in [0.05, 0.1) is 0 Å². The maximum Gasteiger partial charge on any atom is 0.139 e. The molecule has 33 heavy (non-hydrogen) atoms. The monoisotopic (exact) mass is 456 g/mol. The Balaban J connectivity index is 1.48. The number of carbonyl (C=O) groups excluding carboxylic acids is 1. The van der Waals surface area contributed by atoms with Crippen molar-refractivity contribution >= 4 is 5.78 Å². The van der Waals surface area contributed by atoms with Crippen LogP contribution in [0.1, 0.15) is 150 Å². The zero-order valence-corrected chi connectivity index (χ0v) is 23.0. The van der Waals surface area contributed by atoms with Gasteiger partial charge in [-0.25, -0.2) is 0 Å². The first kappa shape index (κ1) is 27.0. The minimum absolute atomic E-state index is 0.193. The fourth-order valence-corrected chi connectivity index (χ4v) is 8.50. The molecule has 0 aromatic carbocycles. The van der Waals surface area contributed by atoms with E-state index in [1.54, 1.807) is 5.57 Å². The Morgan fingerprint density at radius 3 is 2.15 bits per heavy atom. The zero-order valence-electron chi connectivity index (χ0n) is 23.0. The number of ketones is 1. The van der Waals surface area contributed by atoms with Gasteiger partial charge in [-0.05, 0) is 67.1 Å². The maximum absolute atomic E-state index is 12.9. The van der Waals surface area contributed by atoms with Crippen molar-refractivity contribution < 1.29 is 4.79 Å². The molecule has 0 N–H and O–H groups in total. The summed E-state index contributed by atoms with van der Waals surface area (Å²) in [4.78, 5) is 12.9. The first-order valence-corrected chi connectivity index (χ1v) is 15.1. The Hall–Kier alpha value is -0.590. The lowest BCUT2D eigenvalue weighted by Gasteiger charge is -2.38. The van der Waals surface area contributed by atoms with Crippen LogP contribution in [0.3, 0.4) is 0 Å². The second-order valence-electron chi connectivity index (χ2n) is 12.8. The van der Waals surface area contributed by atoms with Gasteiger partial charge < -0.3 is 0 Å². The second kappa shape index (κ2) is 12.4. The molecule has 190 valence electrons. The van der Waals surface area contributed by atoms with E-state index in [0.717, 1.165) is 24.2 Å². The van der Waals surface area contributed by atoms with Crippen molar-refractivity contribution in [1.29, 1.82) is 0 Å². The maximum atomic E-state index is 12.9. The minimum atomic E-state index is 0.193. The molecule has 0 aromatic rings. The molecular formula is C32H56O. The summed E-state index contributed by atoms with van der Waals surface area (Å²) < 4.78 is 0. The molecule has 0 heterocycles. The summed E-state index contributed by atoms with van der Waals surface area (Å²) in [6.45, 7) is 12.0. The van der Waals surface area contributed by atoms with Crippen LogP contribution in [-0.2, 0) is 4.79 Å². The van der Waals surface area contributed by atoms with Gasteiger partial charge in [-0.2, -0.15) is 0 Å². The molecule has 3 aliphatic rings. The first-order chi connectivity index (χ1) is 15.9. The molecule has 5 atom stereocenters. The van der Waals surface area contributed by atoms with Crippen LogP contribution in [0.15, 0.2) is 11.6 Å². The highest BCUT2D eigenvalue weighted by molar-refractivity contribution is 5.82. The van der Waals surface area contributed by atoms with E-state index in [0.29, 0.717) is 23.0 Å². The number of rotatable bonds is 15. The average Bonchev–Trinajstić information content (AvgIpc) is 3.24. The second-order valence-corrected chi connectivity index (χ2v) is 12.8. The fraction of sp³-hybridized carbons (Fsp3) is 0.906. The number of hydrogen-bond donors (Lipinski definition) is 0. The molecule has 1 unspecified atom stereocenters. The molecule has 3 saturated carbocycles. The van der Waals surface area contributed by atoms with E-state index < -0.39 is 0 Å². The van der Waals surface area contributed by atoms with Gasteiger partial charge in [0.2, 0.25) is 0 Å². The molecule has 0 aromatic heterocycles. The lowest BCUT2D eigenvalue weighted by molar-refractivity contribution is -0.121. The van der Waals surface area contributed by atoms with Crippen molar-refractivity contribution in [2.75, 3.05) is 0 Å². The Bertz CT molecular complexity index is 643. The minimum Gasteiger partial charge on any atom is -0.299 e. The van der Waals surface area contributed by atoms with Crippen molar-refractivity contribution in [2.24, 2.45) is 34.5 Å². The molecule has 0 radical (unpaired) electrons. The van der Waals surface area contributed by atoms with E-state index in [4.69, 9.17) is 0 Å². The highest BCUT2D eigenvalue weighted by atomic mass is 16.1. The standard InChI is InChI=1S/C32H56O/c1-6-8-9-10-11-12-13-14-15-16-17-18-26(29(33)7-2)23-27-19-20-30-31(4,5)28-24-32(27,30)22-21-25(28)3/h23,25-26,28,30H,6-22,24H2,1-5H3/t25-,26?,28-,30+,32-/m1/s1. The molecule has 3 fully saturated rings. The van der Waals surface area contributed by atoms with Crippen LogP contribution in [0.25, 0.3) is 0 Å². The van der Waals surface area contributed by atoms with E-state index in [9.17, 15) is 4.79 Å². The SMILES string of the molecule is CCCCCCCCCCCCCC(C=C1CC[C@H]2C(C)(C)[C@@H]3C[C@]12CC[C@H]3C)C(=O)CC. The van der Waals surface area contributed by atoms with Gasteiger partial charge in [0.25, 0.3) is 0 Å². The number of carbonyl (C=O) groups is 1. The summed E-state index contributed by atoms with van der Waals surface area (Å²) >= 11 is 0. The zero-order chi connectivity index (χ0) is 23.9. The summed E-state index contributed by atoms with van der Waals surface area (Å²) in [6.07, 6.45) is 26.3. The van der Waals surface area contributed by atoms with Crippen LogP contribution in [0, 0.1) is 34.5 Å². The molecule has 1 spiro atoms. The van der Waals surface area contributed by atoms with Gasteiger partial charge in [-0.15, -0.1) is 0 Å². The number of unbranched alkanes of at least 4 members (excludes halogenated alkanes) is 10. The summed E-state index contributed by atoms with van der Waals surface area (Å²) in [5, 5.41) is 0. The van der Waals surface area contributed by atoms with Crippen LogP contribution >= 0.6 is 0 Å². The molecule has 0 amide bonds. The lowest BCUT2D eigenvalue weighted by atomic mass is 9.67. The van der Waals surface area contributed by atoms with Crippen LogP contribution in [-0.4, -0.2) is 5.78 Å². The topological polar surface area (TPSA) is 17.1 Å². The lowest BCUT2D eigenvalue weighted by Crippen LogP contribution is -2.28. The summed E-state index contributed by atoms with van der Waals surface area (Å²) in [6, 6.07) is 0. The van der Waals surface area contributed by atoms with Gasteiger partial charge in [-0.3, -0.25) is 4.79 Å². The third kappa shape index (κ3) is 6.16. The van der Waals surface area contributed by atoms with Crippen molar-refractivity contribution in [2.45, 2.75) is 150 Å². The van der Waals surface area contributed by atoms with Gasteiger partial charge in [0.15, 0.2) is 0 Å². The van der Waals surface area contributed by atoms with E-state index >= 15 is 0 Å². The number of Topliss-reactive ketones (excluding diaryl/α,β-unsaturated/α-hetero) is 1. The fourth-order valence-electron chi connectivity index (χ4n) is 8.50. The van der Waals surface area contributed by atoms with Crippen molar-refractivity contribution in [3.8, 4) is 0 Å². The van der Waals surface area contributed by atoms with Crippen molar-refractivity contribution in [3.05, 3.63) is 11.6 Å². The van der Waals surface area contributed by atoms with E-state index in [1.807, 2.05) is 0 Å². The molecule has 0 aliphatic heterocycles. The van der Waals surface area contributed by atoms with Crippen LogP contribution in [0.2, 0.25) is 0 Å².